The van der Waals surface area contributed by atoms with Crippen LogP contribution in [0, 0.1) is 0 Å². The second-order valence-electron chi connectivity index (χ2n) is 5.23. The highest BCUT2D eigenvalue weighted by Gasteiger charge is 2.13. The number of para-hydroxylation sites is 1. The molecule has 130 valence electrons. The van der Waals surface area contributed by atoms with Gasteiger partial charge in [-0.3, -0.25) is 0 Å². The molecule has 1 aromatic carbocycles. The molecule has 25 heavy (non-hydrogen) atoms. The van der Waals surface area contributed by atoms with Crippen LogP contribution in [0.15, 0.2) is 64.1 Å². The van der Waals surface area contributed by atoms with E-state index >= 15 is 0 Å². The molecule has 3 rings (SSSR count). The Hall–Kier alpha value is -2.09. The van der Waals surface area contributed by atoms with Gasteiger partial charge in [-0.2, -0.15) is 0 Å². The summed E-state index contributed by atoms with van der Waals surface area (Å²) >= 11 is 2.86. The fraction of sp³-hybridized carbons (Fsp3) is 0.222. The monoisotopic (exact) mass is 374 g/mol. The third-order valence-corrected chi connectivity index (χ3v) is 5.13. The van der Waals surface area contributed by atoms with E-state index in [9.17, 15) is 5.11 Å². The van der Waals surface area contributed by atoms with E-state index in [-0.39, 0.29) is 6.61 Å². The summed E-state index contributed by atoms with van der Waals surface area (Å²) in [6.07, 6.45) is 1.92. The molecule has 1 atom stereocenters. The topological polar surface area (TPSA) is 68.4 Å². The number of benzene rings is 1. The maximum atomic E-state index is 10.1. The molecule has 0 aliphatic heterocycles. The zero-order valence-electron chi connectivity index (χ0n) is 13.5. The quantitative estimate of drug-likeness (QED) is 0.450. The van der Waals surface area contributed by atoms with Crippen LogP contribution in [0.1, 0.15) is 5.56 Å². The highest BCUT2D eigenvalue weighted by molar-refractivity contribution is 7.99. The van der Waals surface area contributed by atoms with Crippen molar-refractivity contribution in [2.75, 3.05) is 12.4 Å². The van der Waals surface area contributed by atoms with Crippen molar-refractivity contribution in [1.82, 2.24) is 10.2 Å². The lowest BCUT2D eigenvalue weighted by Crippen LogP contribution is -2.20. The van der Waals surface area contributed by atoms with Gasteiger partial charge in [-0.25, -0.2) is 0 Å². The fourth-order valence-electron chi connectivity index (χ4n) is 2.14. The SMILES string of the molecule is C=CCc1ccccc1OCC(O)CSc1nnc(-c2cccs2)o1. The predicted octanol–water partition coefficient (Wildman–Crippen LogP) is 4.06. The van der Waals surface area contributed by atoms with E-state index in [1.54, 1.807) is 11.3 Å². The molecule has 5 nitrogen and oxygen atoms in total. The summed E-state index contributed by atoms with van der Waals surface area (Å²) in [4.78, 5) is 0.932. The molecule has 3 aromatic rings. The molecule has 0 saturated heterocycles. The Morgan fingerprint density at radius 1 is 1.28 bits per heavy atom. The number of ether oxygens (including phenoxy) is 1. The Labute approximate surface area is 154 Å². The van der Waals surface area contributed by atoms with Gasteiger partial charge in [-0.1, -0.05) is 42.1 Å². The number of rotatable bonds is 9. The molecule has 2 heterocycles. The third-order valence-electron chi connectivity index (χ3n) is 3.31. The van der Waals surface area contributed by atoms with E-state index in [0.29, 0.717) is 16.9 Å². The Morgan fingerprint density at radius 2 is 2.16 bits per heavy atom. The number of hydrogen-bond donors (Lipinski definition) is 1. The molecule has 0 fully saturated rings. The fourth-order valence-corrected chi connectivity index (χ4v) is 3.45. The molecule has 0 bridgehead atoms. The molecule has 1 unspecified atom stereocenters. The number of hydrogen-bond acceptors (Lipinski definition) is 7. The largest absolute Gasteiger partial charge is 0.491 e. The second-order valence-corrected chi connectivity index (χ2v) is 7.15. The first-order valence-corrected chi connectivity index (χ1v) is 9.62. The molecule has 0 radical (unpaired) electrons. The number of aliphatic hydroxyl groups excluding tert-OH is 1. The lowest BCUT2D eigenvalue weighted by molar-refractivity contribution is 0.125. The predicted molar refractivity (Wildman–Crippen MR) is 100 cm³/mol. The average Bonchev–Trinajstić information content (AvgIpc) is 3.31. The Balaban J connectivity index is 1.49. The molecular weight excluding hydrogens is 356 g/mol. The first-order valence-electron chi connectivity index (χ1n) is 7.76. The van der Waals surface area contributed by atoms with Crippen molar-refractivity contribution in [3.63, 3.8) is 0 Å². The molecule has 0 aliphatic carbocycles. The van der Waals surface area contributed by atoms with E-state index in [4.69, 9.17) is 9.15 Å². The molecule has 0 amide bonds. The summed E-state index contributed by atoms with van der Waals surface area (Å²) in [5.74, 6) is 1.68. The Bertz CT molecular complexity index is 802. The van der Waals surface area contributed by atoms with Crippen LogP contribution in [0.4, 0.5) is 0 Å². The van der Waals surface area contributed by atoms with Gasteiger partial charge in [0.15, 0.2) is 0 Å². The number of thiophene rings is 1. The van der Waals surface area contributed by atoms with E-state index in [1.807, 2.05) is 47.9 Å². The minimum absolute atomic E-state index is 0.201. The summed E-state index contributed by atoms with van der Waals surface area (Å²) in [6.45, 7) is 3.95. The van der Waals surface area contributed by atoms with E-state index < -0.39 is 6.10 Å². The Morgan fingerprint density at radius 3 is 2.96 bits per heavy atom. The summed E-state index contributed by atoms with van der Waals surface area (Å²) in [7, 11) is 0. The molecular formula is C18H18N2O3S2. The van der Waals surface area contributed by atoms with Gasteiger partial charge in [-0.15, -0.1) is 28.1 Å². The highest BCUT2D eigenvalue weighted by atomic mass is 32.2. The van der Waals surface area contributed by atoms with Crippen LogP contribution in [0.3, 0.4) is 0 Å². The maximum absolute atomic E-state index is 10.1. The van der Waals surface area contributed by atoms with Gasteiger partial charge >= 0.3 is 0 Å². The third kappa shape index (κ3) is 4.94. The van der Waals surface area contributed by atoms with Crippen LogP contribution in [0.2, 0.25) is 0 Å². The standard InChI is InChI=1S/C18H18N2O3S2/c1-2-6-13-7-3-4-8-15(13)22-11-14(21)12-25-18-20-19-17(23-18)16-9-5-10-24-16/h2-5,7-10,14,21H,1,6,11-12H2. The van der Waals surface area contributed by atoms with Gasteiger partial charge < -0.3 is 14.3 Å². The zero-order chi connectivity index (χ0) is 17.5. The lowest BCUT2D eigenvalue weighted by atomic mass is 10.1. The van der Waals surface area contributed by atoms with Gasteiger partial charge in [0.2, 0.25) is 0 Å². The van der Waals surface area contributed by atoms with Crippen molar-refractivity contribution >= 4 is 23.1 Å². The molecule has 0 saturated carbocycles. The van der Waals surface area contributed by atoms with Crippen LogP contribution < -0.4 is 4.74 Å². The van der Waals surface area contributed by atoms with Crippen molar-refractivity contribution in [1.29, 1.82) is 0 Å². The van der Waals surface area contributed by atoms with E-state index in [2.05, 4.69) is 16.8 Å². The van der Waals surface area contributed by atoms with Crippen LogP contribution in [-0.2, 0) is 6.42 Å². The van der Waals surface area contributed by atoms with Crippen molar-refractivity contribution in [3.05, 3.63) is 60.0 Å². The second kappa shape index (κ2) is 8.84. The van der Waals surface area contributed by atoms with Gasteiger partial charge in [0.05, 0.1) is 11.0 Å². The number of aliphatic hydroxyl groups is 1. The van der Waals surface area contributed by atoms with E-state index in [1.165, 1.54) is 11.8 Å². The highest BCUT2D eigenvalue weighted by Crippen LogP contribution is 2.27. The number of thioether (sulfide) groups is 1. The molecule has 1 N–H and O–H groups in total. The van der Waals surface area contributed by atoms with Crippen molar-refractivity contribution in [3.8, 4) is 16.5 Å². The van der Waals surface area contributed by atoms with Crippen molar-refractivity contribution in [2.45, 2.75) is 17.7 Å². The summed E-state index contributed by atoms with van der Waals surface area (Å²) in [6, 6.07) is 11.6. The normalized spacial score (nSPS) is 12.0. The molecule has 0 spiro atoms. The molecule has 2 aromatic heterocycles. The summed E-state index contributed by atoms with van der Waals surface area (Å²) < 4.78 is 11.3. The zero-order valence-corrected chi connectivity index (χ0v) is 15.1. The first kappa shape index (κ1) is 17.7. The maximum Gasteiger partial charge on any atom is 0.276 e. The summed E-state index contributed by atoms with van der Waals surface area (Å²) in [5, 5.41) is 20.5. The summed E-state index contributed by atoms with van der Waals surface area (Å²) in [5.41, 5.74) is 1.05. The van der Waals surface area contributed by atoms with Crippen LogP contribution in [0.25, 0.3) is 10.8 Å². The lowest BCUT2D eigenvalue weighted by Gasteiger charge is -2.13. The Kier molecular flexibility index (Phi) is 6.27. The van der Waals surface area contributed by atoms with Gasteiger partial charge in [0.25, 0.3) is 11.1 Å². The molecule has 0 aliphatic rings. The number of nitrogens with zero attached hydrogens (tertiary/aromatic N) is 2. The number of aromatic nitrogens is 2. The minimum Gasteiger partial charge on any atom is -0.491 e. The van der Waals surface area contributed by atoms with Crippen molar-refractivity contribution < 1.29 is 14.3 Å². The molecule has 7 heteroatoms. The number of allylic oxidation sites excluding steroid dienone is 1. The van der Waals surface area contributed by atoms with Crippen LogP contribution in [0.5, 0.6) is 5.75 Å². The van der Waals surface area contributed by atoms with Gasteiger partial charge in [0.1, 0.15) is 12.4 Å². The minimum atomic E-state index is -0.640. The smallest absolute Gasteiger partial charge is 0.276 e. The average molecular weight is 374 g/mol. The van der Waals surface area contributed by atoms with Gasteiger partial charge in [-0.05, 0) is 29.5 Å². The van der Waals surface area contributed by atoms with E-state index in [0.717, 1.165) is 22.6 Å². The first-order chi connectivity index (χ1) is 12.3. The van der Waals surface area contributed by atoms with Gasteiger partial charge in [0, 0.05) is 5.75 Å². The van der Waals surface area contributed by atoms with Crippen LogP contribution in [-0.4, -0.2) is 33.8 Å². The van der Waals surface area contributed by atoms with Crippen LogP contribution >= 0.6 is 23.1 Å². The van der Waals surface area contributed by atoms with Crippen molar-refractivity contribution in [2.24, 2.45) is 0 Å².